The molecule has 5 heterocycles. The molecular formula is C27H28N8O3. The number of anilines is 1. The second kappa shape index (κ2) is 9.31. The van der Waals surface area contributed by atoms with Gasteiger partial charge in [-0.15, -0.1) is 0 Å². The lowest BCUT2D eigenvalue weighted by Crippen LogP contribution is -2.49. The largest absolute Gasteiger partial charge is 0.451 e. The summed E-state index contributed by atoms with van der Waals surface area (Å²) in [7, 11) is 0. The van der Waals surface area contributed by atoms with Gasteiger partial charge in [0.15, 0.2) is 11.5 Å². The molecule has 3 aromatic heterocycles. The Bertz CT molecular complexity index is 1570. The lowest BCUT2D eigenvalue weighted by atomic mass is 9.90. The van der Waals surface area contributed by atoms with Gasteiger partial charge in [-0.1, -0.05) is 0 Å². The van der Waals surface area contributed by atoms with Crippen molar-refractivity contribution >= 4 is 33.7 Å². The van der Waals surface area contributed by atoms with Crippen molar-refractivity contribution in [2.24, 2.45) is 0 Å². The molecule has 38 heavy (non-hydrogen) atoms. The predicted molar refractivity (Wildman–Crippen MR) is 141 cm³/mol. The third-order valence-electron chi connectivity index (χ3n) is 7.94. The minimum atomic E-state index is -0.330. The number of hydrogen-bond donors (Lipinski definition) is 2. The SMILES string of the molecule is [C-]#[N+]c1cnn2c(C(=O)Nc3cc4cn(C5CCC(N6CCNCC6)CC5)nc4c4c3OCO4)ccc2c1. The summed E-state index contributed by atoms with van der Waals surface area (Å²) in [4.78, 5) is 19.3. The topological polar surface area (TPSA) is 102 Å². The molecule has 4 aromatic rings. The summed E-state index contributed by atoms with van der Waals surface area (Å²) in [5, 5.41) is 16.5. The Balaban J connectivity index is 1.13. The van der Waals surface area contributed by atoms with Crippen LogP contribution in [0.4, 0.5) is 11.4 Å². The zero-order valence-corrected chi connectivity index (χ0v) is 20.9. The molecule has 1 aromatic carbocycles. The Labute approximate surface area is 219 Å². The second-order valence-electron chi connectivity index (χ2n) is 10.1. The first-order valence-electron chi connectivity index (χ1n) is 13.1. The molecule has 3 aliphatic rings. The number of rotatable bonds is 4. The maximum atomic E-state index is 13.2. The molecule has 194 valence electrons. The number of amides is 1. The molecule has 2 N–H and O–H groups in total. The van der Waals surface area contributed by atoms with Crippen LogP contribution in [-0.4, -0.2) is 69.2 Å². The van der Waals surface area contributed by atoms with Gasteiger partial charge < -0.3 is 20.1 Å². The van der Waals surface area contributed by atoms with Gasteiger partial charge in [0.25, 0.3) is 5.91 Å². The molecule has 1 saturated carbocycles. The fraction of sp³-hybridized carbons (Fsp3) is 0.407. The lowest BCUT2D eigenvalue weighted by Gasteiger charge is -2.39. The van der Waals surface area contributed by atoms with E-state index in [2.05, 4.69) is 36.4 Å². The minimum Gasteiger partial charge on any atom is -0.451 e. The smallest absolute Gasteiger partial charge is 0.274 e. The summed E-state index contributed by atoms with van der Waals surface area (Å²) >= 11 is 0. The number of nitrogens with one attached hydrogen (secondary N) is 2. The summed E-state index contributed by atoms with van der Waals surface area (Å²) < 4.78 is 15.2. The third kappa shape index (κ3) is 3.93. The molecule has 7 rings (SSSR count). The Kier molecular flexibility index (Phi) is 5.64. The van der Waals surface area contributed by atoms with Gasteiger partial charge in [0, 0.05) is 43.8 Å². The summed E-state index contributed by atoms with van der Waals surface area (Å²) in [5.74, 6) is 0.720. The molecule has 0 unspecified atom stereocenters. The van der Waals surface area contributed by atoms with Crippen molar-refractivity contribution in [3.8, 4) is 11.5 Å². The van der Waals surface area contributed by atoms with E-state index in [1.54, 1.807) is 18.2 Å². The van der Waals surface area contributed by atoms with Crippen LogP contribution >= 0.6 is 0 Å². The normalized spacial score (nSPS) is 21.6. The van der Waals surface area contributed by atoms with E-state index in [-0.39, 0.29) is 12.7 Å². The average molecular weight is 513 g/mol. The van der Waals surface area contributed by atoms with Crippen LogP contribution in [0.5, 0.6) is 11.5 Å². The van der Waals surface area contributed by atoms with Gasteiger partial charge in [0.2, 0.25) is 12.5 Å². The Morgan fingerprint density at radius 2 is 1.87 bits per heavy atom. The van der Waals surface area contributed by atoms with Gasteiger partial charge in [-0.3, -0.25) is 14.4 Å². The van der Waals surface area contributed by atoms with Crippen LogP contribution in [-0.2, 0) is 0 Å². The van der Waals surface area contributed by atoms with Gasteiger partial charge in [-0.2, -0.15) is 10.2 Å². The Morgan fingerprint density at radius 3 is 2.68 bits per heavy atom. The van der Waals surface area contributed by atoms with E-state index in [1.165, 1.54) is 23.6 Å². The summed E-state index contributed by atoms with van der Waals surface area (Å²) in [6, 6.07) is 8.06. The lowest BCUT2D eigenvalue weighted by molar-refractivity contribution is 0.101. The Morgan fingerprint density at radius 1 is 1.08 bits per heavy atom. The molecule has 1 amide bonds. The van der Waals surface area contributed by atoms with E-state index < -0.39 is 0 Å². The fourth-order valence-electron chi connectivity index (χ4n) is 5.99. The van der Waals surface area contributed by atoms with Crippen LogP contribution in [0.15, 0.2) is 36.7 Å². The van der Waals surface area contributed by atoms with Crippen LogP contribution in [0.2, 0.25) is 0 Å². The second-order valence-corrected chi connectivity index (χ2v) is 10.1. The van der Waals surface area contributed by atoms with Crippen molar-refractivity contribution < 1.29 is 14.3 Å². The number of fused-ring (bicyclic) bond motifs is 4. The zero-order chi connectivity index (χ0) is 25.6. The number of nitrogens with zero attached hydrogens (tertiary/aromatic N) is 6. The van der Waals surface area contributed by atoms with Crippen LogP contribution < -0.4 is 20.1 Å². The molecule has 11 nitrogen and oxygen atoms in total. The maximum absolute atomic E-state index is 13.2. The number of aromatic nitrogens is 4. The number of piperazine rings is 1. The zero-order valence-electron chi connectivity index (χ0n) is 20.9. The van der Waals surface area contributed by atoms with Crippen LogP contribution in [0.3, 0.4) is 0 Å². The van der Waals surface area contributed by atoms with Crippen LogP contribution in [0, 0.1) is 6.57 Å². The highest BCUT2D eigenvalue weighted by atomic mass is 16.7. The Hall–Kier alpha value is -4.14. The predicted octanol–water partition coefficient (Wildman–Crippen LogP) is 3.60. The molecule has 1 saturated heterocycles. The van der Waals surface area contributed by atoms with Crippen molar-refractivity contribution in [1.82, 2.24) is 29.6 Å². The maximum Gasteiger partial charge on any atom is 0.274 e. The molecule has 2 fully saturated rings. The van der Waals surface area contributed by atoms with Gasteiger partial charge in [0.1, 0.15) is 11.2 Å². The number of benzene rings is 1. The average Bonchev–Trinajstić information content (AvgIpc) is 3.71. The highest BCUT2D eigenvalue weighted by Gasteiger charge is 2.30. The first kappa shape index (κ1) is 23.0. The quantitative estimate of drug-likeness (QED) is 0.403. The van der Waals surface area contributed by atoms with Crippen molar-refractivity contribution in [3.63, 3.8) is 0 Å². The molecule has 11 heteroatoms. The molecule has 0 bridgehead atoms. The van der Waals surface area contributed by atoms with Crippen molar-refractivity contribution in [3.05, 3.63) is 53.8 Å². The number of carbonyl (C=O) groups excluding carboxylic acids is 1. The highest BCUT2D eigenvalue weighted by molar-refractivity contribution is 6.07. The fourth-order valence-corrected chi connectivity index (χ4v) is 5.99. The molecule has 0 atom stereocenters. The minimum absolute atomic E-state index is 0.0784. The monoisotopic (exact) mass is 512 g/mol. The van der Waals surface area contributed by atoms with Gasteiger partial charge in [-0.25, -0.2) is 9.36 Å². The van der Waals surface area contributed by atoms with Crippen molar-refractivity contribution in [1.29, 1.82) is 0 Å². The standard InChI is InChI=1S/C27H28N8O3/c1-28-18-13-21-6-7-23(35(21)30-14-18)27(36)31-22-12-17-15-34(32-24(17)26-25(22)37-16-38-26)20-4-2-19(3-5-20)33-10-8-29-9-11-33/h6-7,12-15,19-20,29H,2-5,8-11,16H2,(H,31,36). The first-order valence-corrected chi connectivity index (χ1v) is 13.1. The summed E-state index contributed by atoms with van der Waals surface area (Å²) in [6.45, 7) is 11.7. The third-order valence-corrected chi connectivity index (χ3v) is 7.94. The molecule has 2 aliphatic heterocycles. The molecule has 1 aliphatic carbocycles. The first-order chi connectivity index (χ1) is 18.7. The van der Waals surface area contributed by atoms with Crippen LogP contribution in [0.25, 0.3) is 21.3 Å². The molecule has 0 spiro atoms. The van der Waals surface area contributed by atoms with E-state index in [0.717, 1.165) is 49.9 Å². The van der Waals surface area contributed by atoms with E-state index in [1.807, 2.05) is 6.07 Å². The van der Waals surface area contributed by atoms with E-state index in [4.69, 9.17) is 21.1 Å². The van der Waals surface area contributed by atoms with Gasteiger partial charge >= 0.3 is 0 Å². The van der Waals surface area contributed by atoms with Crippen molar-refractivity contribution in [2.75, 3.05) is 38.3 Å². The van der Waals surface area contributed by atoms with Gasteiger partial charge in [-0.05, 0) is 49.9 Å². The highest BCUT2D eigenvalue weighted by Crippen LogP contribution is 2.45. The summed E-state index contributed by atoms with van der Waals surface area (Å²) in [5.41, 5.74) is 2.75. The molecule has 0 radical (unpaired) electrons. The van der Waals surface area contributed by atoms with E-state index >= 15 is 0 Å². The molecular weight excluding hydrogens is 484 g/mol. The van der Waals surface area contributed by atoms with Crippen LogP contribution in [0.1, 0.15) is 42.2 Å². The number of ether oxygens (including phenoxy) is 2. The van der Waals surface area contributed by atoms with E-state index in [9.17, 15) is 4.79 Å². The van der Waals surface area contributed by atoms with E-state index in [0.29, 0.717) is 46.2 Å². The summed E-state index contributed by atoms with van der Waals surface area (Å²) in [6.07, 6.45) is 8.05. The number of hydrogen-bond acceptors (Lipinski definition) is 7. The number of carbonyl (C=O) groups is 1. The van der Waals surface area contributed by atoms with Crippen molar-refractivity contribution in [2.45, 2.75) is 37.8 Å². The van der Waals surface area contributed by atoms with Gasteiger partial charge in [0.05, 0.1) is 30.0 Å².